The summed E-state index contributed by atoms with van der Waals surface area (Å²) in [5.74, 6) is 3.95. The van der Waals surface area contributed by atoms with E-state index in [0.717, 1.165) is 32.9 Å². The highest BCUT2D eigenvalue weighted by atomic mass is 32.2. The van der Waals surface area contributed by atoms with E-state index >= 15 is 0 Å². The van der Waals surface area contributed by atoms with E-state index in [0.29, 0.717) is 17.6 Å². The third-order valence-electron chi connectivity index (χ3n) is 4.42. The molecular weight excluding hydrogens is 452 g/mol. The number of carbonyl (C=O) groups excluding carboxylic acids is 1. The lowest BCUT2D eigenvalue weighted by atomic mass is 10.3. The number of hydrogen-bond donors (Lipinski definition) is 0. The number of carbonyl (C=O) groups is 1. The van der Waals surface area contributed by atoms with Crippen molar-refractivity contribution in [1.82, 2.24) is 4.57 Å². The zero-order chi connectivity index (χ0) is 22.4. The molecule has 1 heterocycles. The number of thiazole rings is 1. The molecule has 0 spiro atoms. The Morgan fingerprint density at radius 1 is 1.26 bits per heavy atom. The lowest BCUT2D eigenvalue weighted by Crippen LogP contribution is -2.16. The first-order chi connectivity index (χ1) is 14.8. The normalized spacial score (nSPS) is 12.1. The molecule has 2 aromatic carbocycles. The van der Waals surface area contributed by atoms with Crippen LogP contribution in [0.2, 0.25) is 0 Å². The molecule has 0 saturated heterocycles. The van der Waals surface area contributed by atoms with Gasteiger partial charge >= 0.3 is 0 Å². The maximum Gasteiger partial charge on any atom is 0.248 e. The highest BCUT2D eigenvalue weighted by Crippen LogP contribution is 2.23. The van der Waals surface area contributed by atoms with Crippen LogP contribution in [0.4, 0.5) is 0 Å². The highest BCUT2D eigenvalue weighted by Gasteiger charge is 2.12. The predicted molar refractivity (Wildman–Crippen MR) is 125 cm³/mol. The first kappa shape index (κ1) is 23.1. The van der Waals surface area contributed by atoms with Crippen molar-refractivity contribution in [2.24, 2.45) is 4.99 Å². The second-order valence-corrected chi connectivity index (χ2v) is 10.9. The lowest BCUT2D eigenvalue weighted by Gasteiger charge is -2.03. The van der Waals surface area contributed by atoms with Gasteiger partial charge in [0.25, 0.3) is 0 Å². The lowest BCUT2D eigenvalue weighted by molar-refractivity contribution is -0.118. The summed E-state index contributed by atoms with van der Waals surface area (Å²) in [6.45, 7) is 0.248. The number of aromatic nitrogens is 1. The quantitative estimate of drug-likeness (QED) is 0.282. The topological polar surface area (TPSA) is 77.7 Å². The molecule has 0 unspecified atom stereocenters. The van der Waals surface area contributed by atoms with Crippen molar-refractivity contribution in [2.45, 2.75) is 29.2 Å². The summed E-state index contributed by atoms with van der Waals surface area (Å²) in [5, 5.41) is 0. The monoisotopic (exact) mass is 474 g/mol. The highest BCUT2D eigenvalue weighted by molar-refractivity contribution is 7.99. The number of rotatable bonds is 8. The van der Waals surface area contributed by atoms with E-state index < -0.39 is 9.84 Å². The maximum absolute atomic E-state index is 12.4. The zero-order valence-corrected chi connectivity index (χ0v) is 19.6. The van der Waals surface area contributed by atoms with E-state index in [1.165, 1.54) is 11.3 Å². The van der Waals surface area contributed by atoms with Gasteiger partial charge in [-0.25, -0.2) is 8.42 Å². The van der Waals surface area contributed by atoms with Gasteiger partial charge in [0.15, 0.2) is 14.6 Å². The number of nitrogens with zero attached hydrogens (tertiary/aromatic N) is 2. The molecule has 162 valence electrons. The first-order valence-corrected chi connectivity index (χ1v) is 13.1. The Balaban J connectivity index is 1.71. The van der Waals surface area contributed by atoms with Crippen molar-refractivity contribution >= 4 is 49.1 Å². The minimum absolute atomic E-state index is 0.225. The number of sulfone groups is 1. The second kappa shape index (κ2) is 10.2. The van der Waals surface area contributed by atoms with Crippen molar-refractivity contribution in [3.63, 3.8) is 0 Å². The average molecular weight is 475 g/mol. The van der Waals surface area contributed by atoms with Gasteiger partial charge in [0.1, 0.15) is 5.75 Å². The van der Waals surface area contributed by atoms with Gasteiger partial charge in [-0.05, 0) is 54.6 Å². The molecule has 31 heavy (non-hydrogen) atoms. The summed E-state index contributed by atoms with van der Waals surface area (Å²) in [6.07, 6.45) is 7.66. The van der Waals surface area contributed by atoms with Gasteiger partial charge in [-0.1, -0.05) is 17.3 Å². The number of methoxy groups -OCH3 is 1. The molecule has 3 rings (SSSR count). The third kappa shape index (κ3) is 6.00. The minimum atomic E-state index is -3.32. The smallest absolute Gasteiger partial charge is 0.248 e. The fraction of sp³-hybridized carbons (Fsp3) is 0.273. The van der Waals surface area contributed by atoms with Crippen molar-refractivity contribution in [3.05, 3.63) is 47.3 Å². The van der Waals surface area contributed by atoms with Crippen molar-refractivity contribution < 1.29 is 17.9 Å². The van der Waals surface area contributed by atoms with Gasteiger partial charge in [-0.15, -0.1) is 18.2 Å². The molecule has 0 fully saturated rings. The van der Waals surface area contributed by atoms with E-state index in [4.69, 9.17) is 11.2 Å². The van der Waals surface area contributed by atoms with Crippen LogP contribution in [0.1, 0.15) is 12.8 Å². The van der Waals surface area contributed by atoms with Crippen molar-refractivity contribution in [1.29, 1.82) is 0 Å². The van der Waals surface area contributed by atoms with Crippen LogP contribution >= 0.6 is 23.1 Å². The van der Waals surface area contributed by atoms with Crippen LogP contribution in [0.5, 0.6) is 5.75 Å². The van der Waals surface area contributed by atoms with Crippen molar-refractivity contribution in [3.8, 4) is 18.1 Å². The van der Waals surface area contributed by atoms with Gasteiger partial charge in [0.05, 0.1) is 28.8 Å². The fourth-order valence-electron chi connectivity index (χ4n) is 2.86. The van der Waals surface area contributed by atoms with Gasteiger partial charge in [-0.3, -0.25) is 4.79 Å². The molecular formula is C22H22N2O4S3. The summed E-state index contributed by atoms with van der Waals surface area (Å²) in [5.41, 5.74) is 0.761. The van der Waals surface area contributed by atoms with Gasteiger partial charge in [-0.2, -0.15) is 4.99 Å². The van der Waals surface area contributed by atoms with E-state index in [2.05, 4.69) is 10.9 Å². The molecule has 6 nitrogen and oxygen atoms in total. The number of hydrogen-bond acceptors (Lipinski definition) is 6. The molecule has 0 radical (unpaired) electrons. The summed E-state index contributed by atoms with van der Waals surface area (Å²) < 4.78 is 31.3. The van der Waals surface area contributed by atoms with Gasteiger partial charge in [0, 0.05) is 17.6 Å². The second-order valence-electron chi connectivity index (χ2n) is 6.71. The fourth-order valence-corrected chi connectivity index (χ4v) is 5.52. The SMILES string of the molecule is C#CCn1c(=NC(=O)CCCSc2ccc(OC)cc2)sc2cc(S(C)(=O)=O)ccc21. The van der Waals surface area contributed by atoms with E-state index in [-0.39, 0.29) is 17.3 Å². The van der Waals surface area contributed by atoms with Crippen LogP contribution in [0.3, 0.4) is 0 Å². The Bertz CT molecular complexity index is 1300. The Morgan fingerprint density at radius 2 is 2.00 bits per heavy atom. The zero-order valence-electron chi connectivity index (χ0n) is 17.2. The third-order valence-corrected chi connectivity index (χ3v) is 7.66. The number of terminal acetylenes is 1. The van der Waals surface area contributed by atoms with Crippen LogP contribution in [0.15, 0.2) is 57.2 Å². The molecule has 0 N–H and O–H groups in total. The summed E-state index contributed by atoms with van der Waals surface area (Å²) in [6, 6.07) is 12.6. The maximum atomic E-state index is 12.4. The van der Waals surface area contributed by atoms with Crippen LogP contribution in [0.25, 0.3) is 10.2 Å². The number of ether oxygens (including phenoxy) is 1. The number of benzene rings is 2. The Kier molecular flexibility index (Phi) is 7.59. The number of fused-ring (bicyclic) bond motifs is 1. The summed E-state index contributed by atoms with van der Waals surface area (Å²) in [7, 11) is -1.69. The molecule has 0 atom stereocenters. The summed E-state index contributed by atoms with van der Waals surface area (Å²) >= 11 is 2.93. The van der Waals surface area contributed by atoms with Gasteiger partial charge < -0.3 is 9.30 Å². The Hall–Kier alpha value is -2.54. The van der Waals surface area contributed by atoms with E-state index in [9.17, 15) is 13.2 Å². The standard InChI is InChI=1S/C22H22N2O4S3/c1-4-13-24-19-12-11-18(31(3,26)27)15-20(19)30-22(24)23-21(25)6-5-14-29-17-9-7-16(28-2)8-10-17/h1,7-12,15H,5-6,13-14H2,2-3H3. The number of amides is 1. The van der Waals surface area contributed by atoms with E-state index in [1.807, 2.05) is 24.3 Å². The van der Waals surface area contributed by atoms with Gasteiger partial charge in [0.2, 0.25) is 5.91 Å². The minimum Gasteiger partial charge on any atom is -0.497 e. The molecule has 0 bridgehead atoms. The molecule has 9 heteroatoms. The average Bonchev–Trinajstić information content (AvgIpc) is 3.07. The summed E-state index contributed by atoms with van der Waals surface area (Å²) in [4.78, 5) is 18.5. The predicted octanol–water partition coefficient (Wildman–Crippen LogP) is 3.75. The molecule has 1 aromatic heterocycles. The molecule has 0 aliphatic heterocycles. The van der Waals surface area contributed by atoms with Crippen molar-refractivity contribution in [2.75, 3.05) is 19.1 Å². The Morgan fingerprint density at radius 3 is 2.65 bits per heavy atom. The molecule has 3 aromatic rings. The van der Waals surface area contributed by atoms with Crippen LogP contribution in [0, 0.1) is 12.3 Å². The molecule has 0 saturated carbocycles. The van der Waals surface area contributed by atoms with Crippen LogP contribution in [-0.4, -0.2) is 38.0 Å². The largest absolute Gasteiger partial charge is 0.497 e. The van der Waals surface area contributed by atoms with Crippen LogP contribution < -0.4 is 9.54 Å². The Labute approximate surface area is 189 Å². The molecule has 0 aliphatic rings. The van der Waals surface area contributed by atoms with Crippen LogP contribution in [-0.2, 0) is 21.2 Å². The van der Waals surface area contributed by atoms with E-state index in [1.54, 1.807) is 41.6 Å². The first-order valence-electron chi connectivity index (χ1n) is 9.43. The molecule has 0 aliphatic carbocycles. The number of thioether (sulfide) groups is 1. The molecule has 1 amide bonds.